The van der Waals surface area contributed by atoms with Crippen LogP contribution in [0.4, 0.5) is 0 Å². The Kier molecular flexibility index (Phi) is 7.65. The standard InChI is InChI=1S/C13H26N2O.C3H8/c1-6-7-13(5)9-15(10-13)8-11(16)14-12(2,3)4;1-3-2/h6-10H2,1-5H3,(H,14,16);3H2,1-2H3. The topological polar surface area (TPSA) is 32.3 Å². The number of carbonyl (C=O) groups is 1. The number of hydrogen-bond acceptors (Lipinski definition) is 2. The molecule has 0 aromatic carbocycles. The van der Waals surface area contributed by atoms with E-state index in [2.05, 4.69) is 37.9 Å². The van der Waals surface area contributed by atoms with Crippen LogP contribution in [0.5, 0.6) is 0 Å². The Morgan fingerprint density at radius 2 is 1.68 bits per heavy atom. The smallest absolute Gasteiger partial charge is 0.234 e. The molecule has 114 valence electrons. The van der Waals surface area contributed by atoms with Gasteiger partial charge in [-0.3, -0.25) is 9.69 Å². The lowest BCUT2D eigenvalue weighted by atomic mass is 9.78. The highest BCUT2D eigenvalue weighted by Crippen LogP contribution is 2.33. The van der Waals surface area contributed by atoms with Gasteiger partial charge in [-0.1, -0.05) is 40.5 Å². The lowest BCUT2D eigenvalue weighted by Gasteiger charge is -2.48. The monoisotopic (exact) mass is 270 g/mol. The summed E-state index contributed by atoms with van der Waals surface area (Å²) in [5.41, 5.74) is 0.339. The maximum absolute atomic E-state index is 11.7. The van der Waals surface area contributed by atoms with E-state index < -0.39 is 0 Å². The molecular weight excluding hydrogens is 236 g/mol. The van der Waals surface area contributed by atoms with Crippen LogP contribution in [0.3, 0.4) is 0 Å². The van der Waals surface area contributed by atoms with Crippen LogP contribution in [0.2, 0.25) is 0 Å². The first-order valence-corrected chi connectivity index (χ1v) is 7.69. The molecule has 1 saturated heterocycles. The summed E-state index contributed by atoms with van der Waals surface area (Å²) >= 11 is 0. The van der Waals surface area contributed by atoms with Crippen molar-refractivity contribution in [3.05, 3.63) is 0 Å². The molecule has 1 rings (SSSR count). The Morgan fingerprint density at radius 1 is 1.21 bits per heavy atom. The predicted octanol–water partition coefficient (Wildman–Crippen LogP) is 3.44. The number of amides is 1. The van der Waals surface area contributed by atoms with Gasteiger partial charge in [-0.25, -0.2) is 0 Å². The Morgan fingerprint density at radius 3 is 2.05 bits per heavy atom. The first-order valence-electron chi connectivity index (χ1n) is 7.69. The van der Waals surface area contributed by atoms with Crippen molar-refractivity contribution in [1.29, 1.82) is 0 Å². The molecule has 1 N–H and O–H groups in total. The van der Waals surface area contributed by atoms with E-state index in [0.29, 0.717) is 12.0 Å². The zero-order chi connectivity index (χ0) is 15.1. The zero-order valence-electron chi connectivity index (χ0n) is 14.1. The average Bonchev–Trinajstić information content (AvgIpc) is 2.13. The molecule has 0 radical (unpaired) electrons. The fourth-order valence-electron chi connectivity index (χ4n) is 2.57. The van der Waals surface area contributed by atoms with Crippen molar-refractivity contribution in [3.8, 4) is 0 Å². The van der Waals surface area contributed by atoms with E-state index in [9.17, 15) is 4.79 Å². The second-order valence-corrected chi connectivity index (χ2v) is 7.21. The van der Waals surface area contributed by atoms with E-state index in [1.54, 1.807) is 0 Å². The van der Waals surface area contributed by atoms with Gasteiger partial charge in [0.25, 0.3) is 0 Å². The van der Waals surface area contributed by atoms with Crippen LogP contribution in [0.1, 0.15) is 67.7 Å². The van der Waals surface area contributed by atoms with E-state index in [4.69, 9.17) is 0 Å². The first-order chi connectivity index (χ1) is 8.65. The second kappa shape index (κ2) is 7.88. The van der Waals surface area contributed by atoms with E-state index in [1.807, 2.05) is 20.8 Å². The van der Waals surface area contributed by atoms with E-state index in [0.717, 1.165) is 13.1 Å². The van der Waals surface area contributed by atoms with Crippen LogP contribution in [0, 0.1) is 5.41 Å². The fourth-order valence-corrected chi connectivity index (χ4v) is 2.57. The highest BCUT2D eigenvalue weighted by atomic mass is 16.2. The van der Waals surface area contributed by atoms with Gasteiger partial charge in [0.1, 0.15) is 0 Å². The van der Waals surface area contributed by atoms with Gasteiger partial charge in [-0.15, -0.1) is 0 Å². The molecule has 1 amide bonds. The number of rotatable bonds is 4. The lowest BCUT2D eigenvalue weighted by molar-refractivity contribution is -0.126. The molecule has 1 aliphatic rings. The third-order valence-electron chi connectivity index (χ3n) is 2.95. The van der Waals surface area contributed by atoms with Gasteiger partial charge in [0.2, 0.25) is 5.91 Å². The summed E-state index contributed by atoms with van der Waals surface area (Å²) in [6.45, 7) is 17.5. The molecule has 0 aromatic rings. The molecular formula is C16H34N2O. The Balaban J connectivity index is 0.000000982. The molecule has 0 aromatic heterocycles. The number of hydrogen-bond donors (Lipinski definition) is 1. The molecule has 0 spiro atoms. The van der Waals surface area contributed by atoms with Crippen molar-refractivity contribution in [1.82, 2.24) is 10.2 Å². The summed E-state index contributed by atoms with van der Waals surface area (Å²) < 4.78 is 0. The minimum Gasteiger partial charge on any atom is -0.350 e. The molecule has 1 fully saturated rings. The highest BCUT2D eigenvalue weighted by molar-refractivity contribution is 5.78. The normalized spacial score (nSPS) is 18.1. The van der Waals surface area contributed by atoms with Crippen LogP contribution < -0.4 is 5.32 Å². The molecule has 19 heavy (non-hydrogen) atoms. The third-order valence-corrected chi connectivity index (χ3v) is 2.95. The van der Waals surface area contributed by atoms with Crippen LogP contribution in [0.25, 0.3) is 0 Å². The molecule has 3 nitrogen and oxygen atoms in total. The summed E-state index contributed by atoms with van der Waals surface area (Å²) in [4.78, 5) is 13.9. The molecule has 0 saturated carbocycles. The van der Waals surface area contributed by atoms with Gasteiger partial charge in [0.15, 0.2) is 0 Å². The minimum absolute atomic E-state index is 0.116. The van der Waals surface area contributed by atoms with Crippen molar-refractivity contribution in [2.45, 2.75) is 73.3 Å². The highest BCUT2D eigenvalue weighted by Gasteiger charge is 2.38. The van der Waals surface area contributed by atoms with E-state index in [-0.39, 0.29) is 11.4 Å². The van der Waals surface area contributed by atoms with Crippen molar-refractivity contribution in [3.63, 3.8) is 0 Å². The predicted molar refractivity (Wildman–Crippen MR) is 83.3 cm³/mol. The van der Waals surface area contributed by atoms with Crippen LogP contribution in [-0.2, 0) is 4.79 Å². The van der Waals surface area contributed by atoms with Gasteiger partial charge >= 0.3 is 0 Å². The Bertz CT molecular complexity index is 262. The maximum Gasteiger partial charge on any atom is 0.234 e. The Labute approximate surface area is 120 Å². The molecule has 1 heterocycles. The Hall–Kier alpha value is -0.570. The van der Waals surface area contributed by atoms with Crippen molar-refractivity contribution in [2.24, 2.45) is 5.41 Å². The summed E-state index contributed by atoms with van der Waals surface area (Å²) in [6, 6.07) is 0. The van der Waals surface area contributed by atoms with Crippen molar-refractivity contribution < 1.29 is 4.79 Å². The number of carbonyl (C=O) groups excluding carboxylic acids is 1. The summed E-state index contributed by atoms with van der Waals surface area (Å²) in [5, 5.41) is 3.00. The van der Waals surface area contributed by atoms with Crippen molar-refractivity contribution in [2.75, 3.05) is 19.6 Å². The molecule has 3 heteroatoms. The third kappa shape index (κ3) is 8.25. The quantitative estimate of drug-likeness (QED) is 0.848. The van der Waals surface area contributed by atoms with Crippen molar-refractivity contribution >= 4 is 5.91 Å². The van der Waals surface area contributed by atoms with Gasteiger partial charge in [-0.05, 0) is 32.6 Å². The van der Waals surface area contributed by atoms with Gasteiger partial charge < -0.3 is 5.32 Å². The number of nitrogens with one attached hydrogen (secondary N) is 1. The zero-order valence-corrected chi connectivity index (χ0v) is 14.1. The molecule has 0 bridgehead atoms. The fraction of sp³-hybridized carbons (Fsp3) is 0.938. The summed E-state index contributed by atoms with van der Waals surface area (Å²) in [6.07, 6.45) is 3.75. The van der Waals surface area contributed by atoms with E-state index in [1.165, 1.54) is 19.3 Å². The van der Waals surface area contributed by atoms with Gasteiger partial charge in [-0.2, -0.15) is 0 Å². The molecule has 0 atom stereocenters. The van der Waals surface area contributed by atoms with Crippen LogP contribution in [-0.4, -0.2) is 36.0 Å². The average molecular weight is 270 g/mol. The minimum atomic E-state index is -0.116. The SMILES string of the molecule is CCC.CCCC1(C)CN(CC(=O)NC(C)(C)C)C1. The lowest BCUT2D eigenvalue weighted by Crippen LogP contribution is -2.58. The van der Waals surface area contributed by atoms with E-state index >= 15 is 0 Å². The number of nitrogens with zero attached hydrogens (tertiary/aromatic N) is 1. The summed E-state index contributed by atoms with van der Waals surface area (Å²) in [5.74, 6) is 0.144. The number of likely N-dealkylation sites (tertiary alicyclic amines) is 1. The molecule has 0 aliphatic carbocycles. The van der Waals surface area contributed by atoms with Crippen LogP contribution in [0.15, 0.2) is 0 Å². The largest absolute Gasteiger partial charge is 0.350 e. The maximum atomic E-state index is 11.7. The summed E-state index contributed by atoms with van der Waals surface area (Å²) in [7, 11) is 0. The van der Waals surface area contributed by atoms with Gasteiger partial charge in [0, 0.05) is 18.6 Å². The van der Waals surface area contributed by atoms with Gasteiger partial charge in [0.05, 0.1) is 6.54 Å². The second-order valence-electron chi connectivity index (χ2n) is 7.21. The first kappa shape index (κ1) is 18.4. The van der Waals surface area contributed by atoms with Crippen LogP contribution >= 0.6 is 0 Å². The molecule has 0 unspecified atom stereocenters. The molecule has 1 aliphatic heterocycles.